The van der Waals surface area contributed by atoms with Gasteiger partial charge in [-0.3, -0.25) is 9.59 Å². The quantitative estimate of drug-likeness (QED) is 0.870. The number of carbonyl (C=O) groups excluding carboxylic acids is 2. The fourth-order valence-corrected chi connectivity index (χ4v) is 4.19. The summed E-state index contributed by atoms with van der Waals surface area (Å²) in [5, 5.41) is 3.07. The second kappa shape index (κ2) is 8.33. The lowest BCUT2D eigenvalue weighted by Crippen LogP contribution is -2.57. The average molecular weight is 395 g/mol. The van der Waals surface area contributed by atoms with Crippen LogP contribution in [0.25, 0.3) is 11.1 Å². The molecule has 0 bridgehead atoms. The molecule has 0 spiro atoms. The van der Waals surface area contributed by atoms with Crippen LogP contribution in [-0.2, 0) is 4.79 Å². The summed E-state index contributed by atoms with van der Waals surface area (Å²) < 4.78 is 14.8. The van der Waals surface area contributed by atoms with Crippen LogP contribution in [0.3, 0.4) is 0 Å². The molecule has 2 fully saturated rings. The Morgan fingerprint density at radius 1 is 1.10 bits per heavy atom. The SMILES string of the molecule is Cc1ccc(-c2ccc(C(=O)N3CCCC(N4CCNCC4=O)C3)c(F)c2)cc1. The Balaban J connectivity index is 1.50. The number of nitrogens with one attached hydrogen (secondary N) is 1. The third-order valence-electron chi connectivity index (χ3n) is 5.83. The number of hydrogen-bond acceptors (Lipinski definition) is 3. The third kappa shape index (κ3) is 4.17. The minimum Gasteiger partial charge on any atom is -0.336 e. The van der Waals surface area contributed by atoms with E-state index in [1.807, 2.05) is 36.1 Å². The molecule has 0 radical (unpaired) electrons. The molecule has 29 heavy (non-hydrogen) atoms. The molecule has 0 aromatic heterocycles. The van der Waals surface area contributed by atoms with Crippen molar-refractivity contribution in [3.05, 3.63) is 59.4 Å². The predicted octanol–water partition coefficient (Wildman–Crippen LogP) is 2.84. The molecule has 2 aliphatic rings. The third-order valence-corrected chi connectivity index (χ3v) is 5.83. The van der Waals surface area contributed by atoms with Gasteiger partial charge in [0, 0.05) is 32.2 Å². The van der Waals surface area contributed by atoms with E-state index in [2.05, 4.69) is 5.32 Å². The van der Waals surface area contributed by atoms with E-state index in [1.54, 1.807) is 17.0 Å². The van der Waals surface area contributed by atoms with Gasteiger partial charge in [0.1, 0.15) is 5.82 Å². The van der Waals surface area contributed by atoms with E-state index in [0.717, 1.165) is 36.1 Å². The molecule has 1 N–H and O–H groups in total. The number of piperidine rings is 1. The van der Waals surface area contributed by atoms with Gasteiger partial charge in [0.2, 0.25) is 5.91 Å². The van der Waals surface area contributed by atoms with E-state index in [9.17, 15) is 14.0 Å². The molecule has 2 aromatic rings. The lowest BCUT2D eigenvalue weighted by Gasteiger charge is -2.41. The molecule has 2 amide bonds. The summed E-state index contributed by atoms with van der Waals surface area (Å²) >= 11 is 0. The lowest BCUT2D eigenvalue weighted by molar-refractivity contribution is -0.135. The number of hydrogen-bond donors (Lipinski definition) is 1. The molecular weight excluding hydrogens is 369 g/mol. The number of aryl methyl sites for hydroxylation is 1. The zero-order chi connectivity index (χ0) is 20.4. The van der Waals surface area contributed by atoms with Crippen molar-refractivity contribution in [1.82, 2.24) is 15.1 Å². The van der Waals surface area contributed by atoms with Crippen molar-refractivity contribution < 1.29 is 14.0 Å². The first-order valence-corrected chi connectivity index (χ1v) is 10.2. The Morgan fingerprint density at radius 2 is 1.86 bits per heavy atom. The minimum absolute atomic E-state index is 0.0113. The highest BCUT2D eigenvalue weighted by molar-refractivity contribution is 5.95. The van der Waals surface area contributed by atoms with E-state index in [1.165, 1.54) is 6.07 Å². The number of amides is 2. The van der Waals surface area contributed by atoms with Gasteiger partial charge in [0.15, 0.2) is 0 Å². The molecular formula is C23H26FN3O2. The van der Waals surface area contributed by atoms with Gasteiger partial charge in [0.25, 0.3) is 5.91 Å². The molecule has 1 atom stereocenters. The van der Waals surface area contributed by atoms with Gasteiger partial charge < -0.3 is 15.1 Å². The van der Waals surface area contributed by atoms with Crippen LogP contribution in [0, 0.1) is 12.7 Å². The van der Waals surface area contributed by atoms with Crippen molar-refractivity contribution in [1.29, 1.82) is 0 Å². The van der Waals surface area contributed by atoms with Gasteiger partial charge in [-0.15, -0.1) is 0 Å². The van der Waals surface area contributed by atoms with Crippen molar-refractivity contribution in [2.24, 2.45) is 0 Å². The summed E-state index contributed by atoms with van der Waals surface area (Å²) in [5.74, 6) is -0.733. The van der Waals surface area contributed by atoms with Crippen LogP contribution in [0.5, 0.6) is 0 Å². The molecule has 4 rings (SSSR count). The summed E-state index contributed by atoms with van der Waals surface area (Å²) in [4.78, 5) is 28.7. The Kier molecular flexibility index (Phi) is 5.62. The molecule has 0 saturated carbocycles. The maximum absolute atomic E-state index is 14.8. The first-order chi connectivity index (χ1) is 14.0. The first kappa shape index (κ1) is 19.6. The fraction of sp³-hybridized carbons (Fsp3) is 0.391. The molecule has 6 heteroatoms. The van der Waals surface area contributed by atoms with Crippen LogP contribution in [0.15, 0.2) is 42.5 Å². The van der Waals surface area contributed by atoms with Crippen molar-refractivity contribution in [2.45, 2.75) is 25.8 Å². The van der Waals surface area contributed by atoms with Crippen LogP contribution < -0.4 is 5.32 Å². The maximum atomic E-state index is 14.8. The van der Waals surface area contributed by atoms with Gasteiger partial charge in [-0.1, -0.05) is 35.9 Å². The minimum atomic E-state index is -0.506. The van der Waals surface area contributed by atoms with Crippen molar-refractivity contribution >= 4 is 11.8 Å². The number of rotatable bonds is 3. The second-order valence-corrected chi connectivity index (χ2v) is 7.87. The zero-order valence-electron chi connectivity index (χ0n) is 16.7. The van der Waals surface area contributed by atoms with Crippen LogP contribution in [0.1, 0.15) is 28.8 Å². The smallest absolute Gasteiger partial charge is 0.256 e. The van der Waals surface area contributed by atoms with Crippen molar-refractivity contribution in [3.8, 4) is 11.1 Å². The normalized spacial score (nSPS) is 20.1. The number of carbonyl (C=O) groups is 2. The van der Waals surface area contributed by atoms with Crippen LogP contribution in [0.4, 0.5) is 4.39 Å². The monoisotopic (exact) mass is 395 g/mol. The van der Waals surface area contributed by atoms with Gasteiger partial charge in [-0.05, 0) is 43.0 Å². The molecule has 2 aromatic carbocycles. The van der Waals surface area contributed by atoms with Crippen molar-refractivity contribution in [2.75, 3.05) is 32.7 Å². The average Bonchev–Trinajstić information content (AvgIpc) is 2.74. The second-order valence-electron chi connectivity index (χ2n) is 7.87. The van der Waals surface area contributed by atoms with Crippen LogP contribution in [-0.4, -0.2) is 60.4 Å². The number of likely N-dealkylation sites (tertiary alicyclic amines) is 1. The highest BCUT2D eigenvalue weighted by Crippen LogP contribution is 2.25. The Morgan fingerprint density at radius 3 is 2.59 bits per heavy atom. The highest BCUT2D eigenvalue weighted by Gasteiger charge is 2.32. The van der Waals surface area contributed by atoms with Gasteiger partial charge >= 0.3 is 0 Å². The Bertz CT molecular complexity index is 913. The van der Waals surface area contributed by atoms with Crippen LogP contribution in [0.2, 0.25) is 0 Å². The maximum Gasteiger partial charge on any atom is 0.256 e. The summed E-state index contributed by atoms with van der Waals surface area (Å²) in [6.07, 6.45) is 1.70. The first-order valence-electron chi connectivity index (χ1n) is 10.2. The van der Waals surface area contributed by atoms with Gasteiger partial charge in [0.05, 0.1) is 12.1 Å². The standard InChI is InChI=1S/C23H26FN3O2/c1-16-4-6-17(7-5-16)18-8-9-20(21(24)13-18)23(29)26-11-2-3-19(15-26)27-12-10-25-14-22(27)28/h4-9,13,19,25H,2-3,10-12,14-15H2,1H3. The van der Waals surface area contributed by atoms with E-state index in [4.69, 9.17) is 0 Å². The van der Waals surface area contributed by atoms with E-state index in [0.29, 0.717) is 26.2 Å². The number of benzene rings is 2. The topological polar surface area (TPSA) is 52.7 Å². The van der Waals surface area contributed by atoms with Crippen molar-refractivity contribution in [3.63, 3.8) is 0 Å². The molecule has 0 aliphatic carbocycles. The van der Waals surface area contributed by atoms with Crippen LogP contribution >= 0.6 is 0 Å². The highest BCUT2D eigenvalue weighted by atomic mass is 19.1. The largest absolute Gasteiger partial charge is 0.336 e. The molecule has 2 aliphatic heterocycles. The summed E-state index contributed by atoms with van der Waals surface area (Å²) in [6.45, 7) is 4.83. The number of halogens is 1. The summed E-state index contributed by atoms with van der Waals surface area (Å²) in [5.41, 5.74) is 2.91. The molecule has 2 saturated heterocycles. The van der Waals surface area contributed by atoms with Gasteiger partial charge in [-0.25, -0.2) is 4.39 Å². The van der Waals surface area contributed by atoms with Gasteiger partial charge in [-0.2, -0.15) is 0 Å². The molecule has 152 valence electrons. The number of nitrogens with zero attached hydrogens (tertiary/aromatic N) is 2. The molecule has 2 heterocycles. The molecule has 1 unspecified atom stereocenters. The summed E-state index contributed by atoms with van der Waals surface area (Å²) in [6, 6.07) is 12.7. The van der Waals surface area contributed by atoms with E-state index < -0.39 is 5.82 Å². The zero-order valence-corrected chi connectivity index (χ0v) is 16.7. The Labute approximate surface area is 170 Å². The van der Waals surface area contributed by atoms with E-state index in [-0.39, 0.29) is 23.4 Å². The molecule has 5 nitrogen and oxygen atoms in total. The van der Waals surface area contributed by atoms with E-state index >= 15 is 0 Å². The Hall–Kier alpha value is -2.73. The summed E-state index contributed by atoms with van der Waals surface area (Å²) in [7, 11) is 0. The predicted molar refractivity (Wildman–Crippen MR) is 110 cm³/mol. The number of piperazine rings is 1. The lowest BCUT2D eigenvalue weighted by atomic mass is 10.00. The fourth-order valence-electron chi connectivity index (χ4n) is 4.19.